The largest absolute Gasteiger partial charge is 0.453 e. The summed E-state index contributed by atoms with van der Waals surface area (Å²) >= 11 is 0. The van der Waals surface area contributed by atoms with Crippen LogP contribution in [0.5, 0.6) is 0 Å². The average Bonchev–Trinajstić information content (AvgIpc) is 3.00. The van der Waals surface area contributed by atoms with Gasteiger partial charge in [0.2, 0.25) is 0 Å². The first-order valence-electron chi connectivity index (χ1n) is 5.94. The predicted molar refractivity (Wildman–Crippen MR) is 71.3 cm³/mol. The van der Waals surface area contributed by atoms with E-state index in [1.165, 1.54) is 12.1 Å². The highest BCUT2D eigenvalue weighted by Gasteiger charge is 2.10. The van der Waals surface area contributed by atoms with Crippen LogP contribution >= 0.6 is 0 Å². The second kappa shape index (κ2) is 3.68. The molecule has 0 fully saturated rings. The van der Waals surface area contributed by atoms with E-state index in [-0.39, 0.29) is 5.82 Å². The summed E-state index contributed by atoms with van der Waals surface area (Å²) in [4.78, 5) is 7.47. The molecule has 2 aromatic heterocycles. The molecule has 2 heterocycles. The van der Waals surface area contributed by atoms with Crippen LogP contribution in [0.25, 0.3) is 33.6 Å². The summed E-state index contributed by atoms with van der Waals surface area (Å²) in [5.41, 5.74) is 2.19. The van der Waals surface area contributed by atoms with Gasteiger partial charge in [-0.2, -0.15) is 0 Å². The zero-order chi connectivity index (χ0) is 12.8. The van der Waals surface area contributed by atoms with Crippen molar-refractivity contribution in [2.45, 2.75) is 0 Å². The highest BCUT2D eigenvalue weighted by atomic mass is 19.1. The summed E-state index contributed by atoms with van der Waals surface area (Å²) in [6.45, 7) is 0. The molecule has 0 radical (unpaired) electrons. The third kappa shape index (κ3) is 1.61. The maximum absolute atomic E-state index is 13.1. The van der Waals surface area contributed by atoms with Crippen LogP contribution in [-0.4, -0.2) is 9.97 Å². The first-order chi connectivity index (χ1) is 9.29. The van der Waals surface area contributed by atoms with Crippen LogP contribution in [0.3, 0.4) is 0 Å². The Bertz CT molecular complexity index is 858. The van der Waals surface area contributed by atoms with Crippen molar-refractivity contribution >= 4 is 22.0 Å². The lowest BCUT2D eigenvalue weighted by molar-refractivity contribution is 0.626. The van der Waals surface area contributed by atoms with Gasteiger partial charge in [-0.25, -0.2) is 9.37 Å². The molecule has 3 nitrogen and oxygen atoms in total. The predicted octanol–water partition coefficient (Wildman–Crippen LogP) is 4.12. The van der Waals surface area contributed by atoms with Gasteiger partial charge in [-0.15, -0.1) is 0 Å². The van der Waals surface area contributed by atoms with Gasteiger partial charge in [-0.05, 0) is 30.3 Å². The van der Waals surface area contributed by atoms with Gasteiger partial charge in [0.1, 0.15) is 11.4 Å². The van der Waals surface area contributed by atoms with E-state index in [1.807, 2.05) is 30.3 Å². The zero-order valence-electron chi connectivity index (χ0n) is 9.85. The van der Waals surface area contributed by atoms with Gasteiger partial charge in [0, 0.05) is 5.39 Å². The number of halogens is 1. The van der Waals surface area contributed by atoms with Gasteiger partial charge >= 0.3 is 0 Å². The number of aromatic nitrogens is 2. The van der Waals surface area contributed by atoms with E-state index in [1.54, 1.807) is 6.07 Å². The van der Waals surface area contributed by atoms with E-state index in [0.717, 1.165) is 16.5 Å². The van der Waals surface area contributed by atoms with Crippen LogP contribution in [0.1, 0.15) is 0 Å². The first-order valence-corrected chi connectivity index (χ1v) is 5.94. The molecule has 1 N–H and O–H groups in total. The van der Waals surface area contributed by atoms with Crippen molar-refractivity contribution in [2.24, 2.45) is 0 Å². The van der Waals surface area contributed by atoms with Crippen LogP contribution in [0.2, 0.25) is 0 Å². The molecule has 92 valence electrons. The van der Waals surface area contributed by atoms with Crippen molar-refractivity contribution in [1.82, 2.24) is 9.97 Å². The number of nitrogens with one attached hydrogen (secondary N) is 1. The minimum absolute atomic E-state index is 0.285. The van der Waals surface area contributed by atoms with Crippen molar-refractivity contribution in [3.05, 3.63) is 54.3 Å². The Morgan fingerprint density at radius 3 is 2.84 bits per heavy atom. The minimum Gasteiger partial charge on any atom is -0.453 e. The molecule has 0 amide bonds. The molecule has 0 saturated heterocycles. The molecule has 2 aromatic carbocycles. The van der Waals surface area contributed by atoms with Crippen molar-refractivity contribution in [3.8, 4) is 11.6 Å². The summed E-state index contributed by atoms with van der Waals surface area (Å²) in [7, 11) is 0. The summed E-state index contributed by atoms with van der Waals surface area (Å²) in [5.74, 6) is 0.974. The lowest BCUT2D eigenvalue weighted by Gasteiger charge is -1.87. The van der Waals surface area contributed by atoms with Gasteiger partial charge in [0.05, 0.1) is 11.0 Å². The monoisotopic (exact) mass is 252 g/mol. The number of hydrogen-bond donors (Lipinski definition) is 1. The molecule has 0 unspecified atom stereocenters. The Balaban J connectivity index is 1.93. The minimum atomic E-state index is -0.285. The second-order valence-electron chi connectivity index (χ2n) is 4.40. The van der Waals surface area contributed by atoms with Crippen LogP contribution in [0.4, 0.5) is 4.39 Å². The number of imidazole rings is 1. The summed E-state index contributed by atoms with van der Waals surface area (Å²) in [6, 6.07) is 14.1. The zero-order valence-corrected chi connectivity index (χ0v) is 9.85. The Kier molecular flexibility index (Phi) is 2.00. The van der Waals surface area contributed by atoms with Crippen LogP contribution < -0.4 is 0 Å². The Morgan fingerprint density at radius 2 is 1.95 bits per heavy atom. The molecular weight excluding hydrogens is 243 g/mol. The number of para-hydroxylation sites is 1. The average molecular weight is 252 g/mol. The number of rotatable bonds is 1. The molecule has 4 rings (SSSR count). The van der Waals surface area contributed by atoms with Gasteiger partial charge in [-0.3, -0.25) is 0 Å². The van der Waals surface area contributed by atoms with Gasteiger partial charge in [-0.1, -0.05) is 18.2 Å². The topological polar surface area (TPSA) is 41.8 Å². The number of nitrogens with zero attached hydrogens (tertiary/aromatic N) is 1. The highest BCUT2D eigenvalue weighted by Crippen LogP contribution is 2.27. The van der Waals surface area contributed by atoms with E-state index < -0.39 is 0 Å². The van der Waals surface area contributed by atoms with E-state index >= 15 is 0 Å². The second-order valence-corrected chi connectivity index (χ2v) is 4.40. The van der Waals surface area contributed by atoms with E-state index in [4.69, 9.17) is 4.42 Å². The first kappa shape index (κ1) is 10.3. The Hall–Kier alpha value is -2.62. The number of H-pyrrole nitrogens is 1. The van der Waals surface area contributed by atoms with Crippen molar-refractivity contribution in [1.29, 1.82) is 0 Å². The van der Waals surface area contributed by atoms with Crippen molar-refractivity contribution < 1.29 is 8.81 Å². The molecule has 4 heteroatoms. The van der Waals surface area contributed by atoms with E-state index in [0.29, 0.717) is 17.1 Å². The van der Waals surface area contributed by atoms with Crippen LogP contribution in [0.15, 0.2) is 52.9 Å². The number of fused-ring (bicyclic) bond motifs is 2. The Labute approximate surface area is 107 Å². The normalized spacial score (nSPS) is 11.4. The van der Waals surface area contributed by atoms with Crippen molar-refractivity contribution in [3.63, 3.8) is 0 Å². The highest BCUT2D eigenvalue weighted by molar-refractivity contribution is 5.84. The Morgan fingerprint density at radius 1 is 1.05 bits per heavy atom. The van der Waals surface area contributed by atoms with Gasteiger partial charge in [0.25, 0.3) is 0 Å². The third-order valence-corrected chi connectivity index (χ3v) is 3.10. The van der Waals surface area contributed by atoms with Gasteiger partial charge < -0.3 is 9.40 Å². The molecule has 0 saturated carbocycles. The molecule has 0 spiro atoms. The van der Waals surface area contributed by atoms with Gasteiger partial charge in [0.15, 0.2) is 11.6 Å². The molecule has 0 atom stereocenters. The molecule has 0 aliphatic heterocycles. The molecular formula is C15H9FN2O. The number of furan rings is 1. The lowest BCUT2D eigenvalue weighted by Crippen LogP contribution is -1.74. The maximum Gasteiger partial charge on any atom is 0.174 e. The lowest BCUT2D eigenvalue weighted by atomic mass is 10.2. The number of benzene rings is 2. The number of aromatic amines is 1. The molecule has 0 bridgehead atoms. The third-order valence-electron chi connectivity index (χ3n) is 3.10. The fourth-order valence-corrected chi connectivity index (χ4v) is 2.20. The standard InChI is InChI=1S/C15H9FN2O/c16-10-5-6-11-12(8-10)18-15(17-11)14-7-9-3-1-2-4-13(9)19-14/h1-8H,(H,17,18). The fourth-order valence-electron chi connectivity index (χ4n) is 2.20. The van der Waals surface area contributed by atoms with Crippen LogP contribution in [-0.2, 0) is 0 Å². The SMILES string of the molecule is Fc1ccc2nc(-c3cc4ccccc4o3)[nH]c2c1. The van der Waals surface area contributed by atoms with Crippen molar-refractivity contribution in [2.75, 3.05) is 0 Å². The summed E-state index contributed by atoms with van der Waals surface area (Å²) < 4.78 is 18.9. The summed E-state index contributed by atoms with van der Waals surface area (Å²) in [6.07, 6.45) is 0. The summed E-state index contributed by atoms with van der Waals surface area (Å²) in [5, 5.41) is 1.02. The van der Waals surface area contributed by atoms with E-state index in [2.05, 4.69) is 9.97 Å². The molecule has 0 aliphatic carbocycles. The van der Waals surface area contributed by atoms with Crippen LogP contribution in [0, 0.1) is 5.82 Å². The quantitative estimate of drug-likeness (QED) is 0.553. The molecule has 19 heavy (non-hydrogen) atoms. The molecule has 4 aromatic rings. The number of hydrogen-bond acceptors (Lipinski definition) is 2. The maximum atomic E-state index is 13.1. The molecule has 0 aliphatic rings. The van der Waals surface area contributed by atoms with E-state index in [9.17, 15) is 4.39 Å². The fraction of sp³-hybridized carbons (Fsp3) is 0. The smallest absolute Gasteiger partial charge is 0.174 e.